The summed E-state index contributed by atoms with van der Waals surface area (Å²) < 4.78 is 0. The molecular formula is C25H44. The SMILES string of the molecule is CC.CC.CC.CC.Cc1ccc(C(C)(C)c2ccc(C)cc2)cc1. The van der Waals surface area contributed by atoms with Gasteiger partial charge in [-0.25, -0.2) is 0 Å². The van der Waals surface area contributed by atoms with Crippen molar-refractivity contribution in [3.8, 4) is 0 Å². The van der Waals surface area contributed by atoms with Gasteiger partial charge >= 0.3 is 0 Å². The minimum absolute atomic E-state index is 0.0708. The van der Waals surface area contributed by atoms with Crippen molar-refractivity contribution in [1.82, 2.24) is 0 Å². The van der Waals surface area contributed by atoms with Crippen molar-refractivity contribution in [2.24, 2.45) is 0 Å². The topological polar surface area (TPSA) is 0 Å². The van der Waals surface area contributed by atoms with Gasteiger partial charge in [0.15, 0.2) is 0 Å². The molecule has 0 spiro atoms. The standard InChI is InChI=1S/C17H20.4C2H6/c1-13-5-9-15(10-6-13)17(3,4)16-11-7-14(2)8-12-16;4*1-2/h5-12H,1-4H3;4*1-2H3. The van der Waals surface area contributed by atoms with E-state index in [1.54, 1.807) is 0 Å². The Hall–Kier alpha value is -1.56. The molecule has 0 heteroatoms. The fourth-order valence-electron chi connectivity index (χ4n) is 2.11. The van der Waals surface area contributed by atoms with Gasteiger partial charge < -0.3 is 0 Å². The molecule has 2 aromatic carbocycles. The molecule has 0 aliphatic rings. The minimum atomic E-state index is 0.0708. The summed E-state index contributed by atoms with van der Waals surface area (Å²) in [6.07, 6.45) is 0. The molecule has 0 aliphatic carbocycles. The lowest BCUT2D eigenvalue weighted by molar-refractivity contribution is 0.640. The fraction of sp³-hybridized carbons (Fsp3) is 0.520. The molecule has 0 fully saturated rings. The maximum absolute atomic E-state index is 2.28. The number of benzene rings is 2. The first-order valence-electron chi connectivity index (χ1n) is 10.1. The molecule has 0 nitrogen and oxygen atoms in total. The first kappa shape index (κ1) is 28.3. The largest absolute Gasteiger partial charge is 0.0683 e. The van der Waals surface area contributed by atoms with Gasteiger partial charge in [0.2, 0.25) is 0 Å². The van der Waals surface area contributed by atoms with Crippen LogP contribution in [0, 0.1) is 13.8 Å². The summed E-state index contributed by atoms with van der Waals surface area (Å²) in [6.45, 7) is 24.8. The fourth-order valence-corrected chi connectivity index (χ4v) is 2.11. The van der Waals surface area contributed by atoms with E-state index in [1.165, 1.54) is 22.3 Å². The second kappa shape index (κ2) is 17.3. The molecule has 0 aliphatic heterocycles. The van der Waals surface area contributed by atoms with Crippen LogP contribution in [0.1, 0.15) is 91.5 Å². The summed E-state index contributed by atoms with van der Waals surface area (Å²) in [5.41, 5.74) is 5.43. The predicted octanol–water partition coefficient (Wildman–Crippen LogP) is 8.73. The van der Waals surface area contributed by atoms with Crippen LogP contribution in [0.4, 0.5) is 0 Å². The molecular weight excluding hydrogens is 300 g/mol. The molecule has 2 aromatic rings. The van der Waals surface area contributed by atoms with E-state index in [1.807, 2.05) is 55.4 Å². The lowest BCUT2D eigenvalue weighted by atomic mass is 9.78. The molecule has 0 radical (unpaired) electrons. The first-order valence-corrected chi connectivity index (χ1v) is 10.1. The molecule has 0 aromatic heterocycles. The van der Waals surface area contributed by atoms with Crippen LogP contribution in [-0.2, 0) is 5.41 Å². The van der Waals surface area contributed by atoms with Gasteiger partial charge in [-0.15, -0.1) is 0 Å². The Morgan fingerprint density at radius 3 is 0.840 bits per heavy atom. The maximum Gasteiger partial charge on any atom is 0.0146 e. The highest BCUT2D eigenvalue weighted by molar-refractivity contribution is 5.39. The van der Waals surface area contributed by atoms with Crippen molar-refractivity contribution in [3.05, 3.63) is 70.8 Å². The summed E-state index contributed by atoms with van der Waals surface area (Å²) in [5.74, 6) is 0. The van der Waals surface area contributed by atoms with Crippen molar-refractivity contribution >= 4 is 0 Å². The Kier molecular flexibility index (Phi) is 19.5. The van der Waals surface area contributed by atoms with Crippen LogP contribution < -0.4 is 0 Å². The van der Waals surface area contributed by atoms with E-state index in [-0.39, 0.29) is 5.41 Å². The normalized spacial score (nSPS) is 8.80. The van der Waals surface area contributed by atoms with Gasteiger partial charge in [0, 0.05) is 5.41 Å². The minimum Gasteiger partial charge on any atom is -0.0683 e. The van der Waals surface area contributed by atoms with Crippen LogP contribution in [0.25, 0.3) is 0 Å². The molecule has 0 heterocycles. The molecule has 144 valence electrons. The van der Waals surface area contributed by atoms with E-state index < -0.39 is 0 Å². The Labute approximate surface area is 159 Å². The van der Waals surface area contributed by atoms with Crippen molar-refractivity contribution in [3.63, 3.8) is 0 Å². The molecule has 2 rings (SSSR count). The molecule has 0 atom stereocenters. The molecule has 0 N–H and O–H groups in total. The van der Waals surface area contributed by atoms with Crippen LogP contribution in [-0.4, -0.2) is 0 Å². The summed E-state index contributed by atoms with van der Waals surface area (Å²) in [4.78, 5) is 0. The highest BCUT2D eigenvalue weighted by atomic mass is 14.3. The zero-order valence-electron chi connectivity index (χ0n) is 19.1. The van der Waals surface area contributed by atoms with Crippen molar-refractivity contribution in [2.45, 2.75) is 88.5 Å². The molecule has 0 saturated carbocycles. The first-order chi connectivity index (χ1) is 12.0. The number of hydrogen-bond donors (Lipinski definition) is 0. The second-order valence-electron chi connectivity index (χ2n) is 5.36. The Morgan fingerprint density at radius 1 is 0.440 bits per heavy atom. The van der Waals surface area contributed by atoms with Crippen molar-refractivity contribution < 1.29 is 0 Å². The summed E-state index contributed by atoms with van der Waals surface area (Å²) in [5, 5.41) is 0. The molecule has 0 unspecified atom stereocenters. The molecule has 0 amide bonds. The molecule has 0 bridgehead atoms. The van der Waals surface area contributed by atoms with Crippen molar-refractivity contribution in [1.29, 1.82) is 0 Å². The van der Waals surface area contributed by atoms with Gasteiger partial charge in [-0.3, -0.25) is 0 Å². The van der Waals surface area contributed by atoms with E-state index in [2.05, 4.69) is 76.2 Å². The lowest BCUT2D eigenvalue weighted by Crippen LogP contribution is -2.18. The smallest absolute Gasteiger partial charge is 0.0146 e. The second-order valence-corrected chi connectivity index (χ2v) is 5.36. The maximum atomic E-state index is 2.28. The third-order valence-electron chi connectivity index (χ3n) is 3.55. The van der Waals surface area contributed by atoms with E-state index in [0.717, 1.165) is 0 Å². The number of aryl methyl sites for hydroxylation is 2. The van der Waals surface area contributed by atoms with Gasteiger partial charge in [0.1, 0.15) is 0 Å². The third-order valence-corrected chi connectivity index (χ3v) is 3.55. The summed E-state index contributed by atoms with van der Waals surface area (Å²) >= 11 is 0. The lowest BCUT2D eigenvalue weighted by Gasteiger charge is -2.26. The average Bonchev–Trinajstić information content (AvgIpc) is 2.69. The Morgan fingerprint density at radius 2 is 0.640 bits per heavy atom. The van der Waals surface area contributed by atoms with Crippen LogP contribution in [0.5, 0.6) is 0 Å². The van der Waals surface area contributed by atoms with Crippen LogP contribution in [0.3, 0.4) is 0 Å². The van der Waals surface area contributed by atoms with Gasteiger partial charge in [-0.2, -0.15) is 0 Å². The quantitative estimate of drug-likeness (QED) is 0.511. The van der Waals surface area contributed by atoms with E-state index in [9.17, 15) is 0 Å². The highest BCUT2D eigenvalue weighted by Gasteiger charge is 2.22. The summed E-state index contributed by atoms with van der Waals surface area (Å²) in [6, 6.07) is 17.7. The highest BCUT2D eigenvalue weighted by Crippen LogP contribution is 2.31. The Balaban J connectivity index is -0.000000533. The van der Waals surface area contributed by atoms with Crippen LogP contribution >= 0.6 is 0 Å². The number of hydrogen-bond acceptors (Lipinski definition) is 0. The van der Waals surface area contributed by atoms with Crippen LogP contribution in [0.2, 0.25) is 0 Å². The summed E-state index contributed by atoms with van der Waals surface area (Å²) in [7, 11) is 0. The van der Waals surface area contributed by atoms with Gasteiger partial charge in [-0.05, 0) is 25.0 Å². The van der Waals surface area contributed by atoms with Crippen molar-refractivity contribution in [2.75, 3.05) is 0 Å². The zero-order chi connectivity index (χ0) is 20.5. The van der Waals surface area contributed by atoms with E-state index in [0.29, 0.717) is 0 Å². The zero-order valence-corrected chi connectivity index (χ0v) is 19.1. The van der Waals surface area contributed by atoms with E-state index >= 15 is 0 Å². The van der Waals surface area contributed by atoms with Gasteiger partial charge in [0.25, 0.3) is 0 Å². The van der Waals surface area contributed by atoms with Crippen LogP contribution in [0.15, 0.2) is 48.5 Å². The average molecular weight is 345 g/mol. The predicted molar refractivity (Wildman–Crippen MR) is 120 cm³/mol. The van der Waals surface area contributed by atoms with Gasteiger partial charge in [-0.1, -0.05) is 129 Å². The monoisotopic (exact) mass is 344 g/mol. The van der Waals surface area contributed by atoms with Gasteiger partial charge in [0.05, 0.1) is 0 Å². The number of rotatable bonds is 2. The molecule has 25 heavy (non-hydrogen) atoms. The molecule has 0 saturated heterocycles. The third kappa shape index (κ3) is 10.1. The van der Waals surface area contributed by atoms with E-state index in [4.69, 9.17) is 0 Å². The Bertz CT molecular complexity index is 439.